The molecule has 110 valence electrons. The van der Waals surface area contributed by atoms with E-state index in [1.54, 1.807) is 11.3 Å². The molecule has 4 heteroatoms. The van der Waals surface area contributed by atoms with Gasteiger partial charge in [-0.3, -0.25) is 4.79 Å². The van der Waals surface area contributed by atoms with E-state index in [9.17, 15) is 4.79 Å². The molecular weight excluding hydrogens is 280 g/mol. The molecule has 1 aromatic rings. The van der Waals surface area contributed by atoms with Gasteiger partial charge in [0.2, 0.25) is 0 Å². The van der Waals surface area contributed by atoms with Gasteiger partial charge in [0.25, 0.3) is 5.91 Å². The Morgan fingerprint density at radius 2 is 2.33 bits per heavy atom. The molecule has 0 spiro atoms. The Kier molecular flexibility index (Phi) is 3.21. The van der Waals surface area contributed by atoms with E-state index in [-0.39, 0.29) is 5.91 Å². The summed E-state index contributed by atoms with van der Waals surface area (Å²) in [5.41, 5.74) is 5.30. The van der Waals surface area contributed by atoms with Crippen LogP contribution in [0.25, 0.3) is 0 Å². The van der Waals surface area contributed by atoms with Gasteiger partial charge in [-0.25, -0.2) is 5.43 Å². The molecule has 0 bridgehead atoms. The number of carbonyl (C=O) groups excluding carboxylic acids is 1. The number of aryl methyl sites for hydroxylation is 1. The van der Waals surface area contributed by atoms with Crippen molar-refractivity contribution in [1.29, 1.82) is 0 Å². The minimum atomic E-state index is -0.0380. The van der Waals surface area contributed by atoms with Crippen molar-refractivity contribution in [2.75, 3.05) is 0 Å². The van der Waals surface area contributed by atoms with Crippen molar-refractivity contribution in [3.8, 4) is 0 Å². The fraction of sp³-hybridized carbons (Fsp3) is 0.529. The first kappa shape index (κ1) is 13.3. The number of amides is 1. The normalized spacial score (nSPS) is 31.7. The second-order valence-corrected chi connectivity index (χ2v) is 7.73. The average Bonchev–Trinajstić information content (AvgIpc) is 3.02. The largest absolute Gasteiger partial charge is 0.281 e. The van der Waals surface area contributed by atoms with Crippen LogP contribution in [0.3, 0.4) is 0 Å². The summed E-state index contributed by atoms with van der Waals surface area (Å²) in [4.78, 5) is 14.5. The maximum absolute atomic E-state index is 12.3. The quantitative estimate of drug-likeness (QED) is 0.658. The van der Waals surface area contributed by atoms with E-state index in [2.05, 4.69) is 35.7 Å². The van der Waals surface area contributed by atoms with E-state index in [1.807, 2.05) is 0 Å². The molecule has 4 rings (SSSR count). The molecule has 1 heterocycles. The van der Waals surface area contributed by atoms with Crippen LogP contribution in [-0.2, 0) is 12.8 Å². The number of hydrazone groups is 1. The Balaban J connectivity index is 1.43. The van der Waals surface area contributed by atoms with E-state index in [0.29, 0.717) is 11.8 Å². The van der Waals surface area contributed by atoms with Crippen molar-refractivity contribution in [2.45, 2.75) is 39.0 Å². The molecule has 0 radical (unpaired) electrons. The van der Waals surface area contributed by atoms with Crippen LogP contribution in [0, 0.1) is 17.8 Å². The Hall–Kier alpha value is -1.42. The molecule has 1 saturated carbocycles. The molecule has 3 aliphatic carbocycles. The van der Waals surface area contributed by atoms with Gasteiger partial charge >= 0.3 is 0 Å². The lowest BCUT2D eigenvalue weighted by Gasteiger charge is -2.31. The number of hydrogen-bond acceptors (Lipinski definition) is 3. The van der Waals surface area contributed by atoms with Crippen LogP contribution in [0.15, 0.2) is 23.3 Å². The minimum absolute atomic E-state index is 0.0380. The number of hydrogen-bond donors (Lipinski definition) is 1. The van der Waals surface area contributed by atoms with E-state index in [0.717, 1.165) is 42.2 Å². The zero-order valence-electron chi connectivity index (χ0n) is 12.3. The number of carbonyl (C=O) groups is 1. The number of nitrogens with zero attached hydrogens (tertiary/aromatic N) is 1. The third-order valence-corrected chi connectivity index (χ3v) is 6.25. The van der Waals surface area contributed by atoms with E-state index >= 15 is 0 Å². The van der Waals surface area contributed by atoms with Gasteiger partial charge < -0.3 is 0 Å². The van der Waals surface area contributed by atoms with E-state index in [1.165, 1.54) is 16.9 Å². The molecular formula is C17H20N2OS. The maximum atomic E-state index is 12.3. The highest BCUT2D eigenvalue weighted by Crippen LogP contribution is 2.40. The van der Waals surface area contributed by atoms with Gasteiger partial charge in [0.15, 0.2) is 0 Å². The molecule has 3 aliphatic rings. The molecule has 1 N–H and O–H groups in total. The van der Waals surface area contributed by atoms with Crippen LogP contribution in [0.5, 0.6) is 0 Å². The summed E-state index contributed by atoms with van der Waals surface area (Å²) in [5.74, 6) is 1.94. The molecule has 3 nitrogen and oxygen atoms in total. The summed E-state index contributed by atoms with van der Waals surface area (Å²) in [5, 5.41) is 4.35. The molecule has 1 amide bonds. The third-order valence-electron chi connectivity index (χ3n) is 5.02. The van der Waals surface area contributed by atoms with Crippen LogP contribution in [0.2, 0.25) is 0 Å². The third kappa shape index (κ3) is 2.35. The van der Waals surface area contributed by atoms with Crippen molar-refractivity contribution >= 4 is 23.0 Å². The Morgan fingerprint density at radius 1 is 1.43 bits per heavy atom. The van der Waals surface area contributed by atoms with Gasteiger partial charge in [-0.2, -0.15) is 5.10 Å². The van der Waals surface area contributed by atoms with Gasteiger partial charge in [0, 0.05) is 16.5 Å². The molecule has 0 unspecified atom stereocenters. The van der Waals surface area contributed by atoms with Crippen molar-refractivity contribution in [1.82, 2.24) is 5.43 Å². The lowest BCUT2D eigenvalue weighted by Crippen LogP contribution is -2.35. The Bertz CT molecular complexity index is 643. The van der Waals surface area contributed by atoms with Crippen LogP contribution < -0.4 is 5.43 Å². The number of thiophene rings is 1. The van der Waals surface area contributed by atoms with Gasteiger partial charge in [0.1, 0.15) is 0 Å². The standard InChI is InChI=1S/C17H20N2OS/c1-10-5-6-15-12(7-10)9-16(21-15)17(20)19-18-14-8-11-3-2-4-13(11)14/h2-3,9-11,13H,4-8H2,1H3,(H,19,20)/b18-14-/t10-,11-,13-/m0/s1. The second kappa shape index (κ2) is 5.09. The fourth-order valence-electron chi connectivity index (χ4n) is 3.66. The van der Waals surface area contributed by atoms with E-state index < -0.39 is 0 Å². The molecule has 21 heavy (non-hydrogen) atoms. The van der Waals surface area contributed by atoms with Crippen LogP contribution >= 0.6 is 11.3 Å². The molecule has 1 fully saturated rings. The Labute approximate surface area is 129 Å². The lowest BCUT2D eigenvalue weighted by atomic mass is 9.74. The monoisotopic (exact) mass is 300 g/mol. The van der Waals surface area contributed by atoms with E-state index in [4.69, 9.17) is 0 Å². The Morgan fingerprint density at radius 3 is 3.19 bits per heavy atom. The molecule has 3 atom stereocenters. The number of rotatable bonds is 2. The summed E-state index contributed by atoms with van der Waals surface area (Å²) in [6, 6.07) is 2.08. The first-order valence-corrected chi connectivity index (χ1v) is 8.67. The summed E-state index contributed by atoms with van der Waals surface area (Å²) < 4.78 is 0. The summed E-state index contributed by atoms with van der Waals surface area (Å²) in [7, 11) is 0. The van der Waals surface area contributed by atoms with Crippen molar-refractivity contribution in [2.24, 2.45) is 22.9 Å². The van der Waals surface area contributed by atoms with Crippen molar-refractivity contribution in [3.05, 3.63) is 33.5 Å². The summed E-state index contributed by atoms with van der Waals surface area (Å²) in [6.07, 6.45) is 10.1. The molecule has 1 aromatic heterocycles. The predicted molar refractivity (Wildman–Crippen MR) is 85.8 cm³/mol. The number of fused-ring (bicyclic) bond motifs is 2. The molecule has 0 aliphatic heterocycles. The number of nitrogens with one attached hydrogen (secondary N) is 1. The van der Waals surface area contributed by atoms with Gasteiger partial charge in [-0.15, -0.1) is 11.3 Å². The zero-order chi connectivity index (χ0) is 14.4. The van der Waals surface area contributed by atoms with Gasteiger partial charge in [0.05, 0.1) is 4.88 Å². The lowest BCUT2D eigenvalue weighted by molar-refractivity contribution is 0.0958. The molecule has 0 aromatic carbocycles. The van der Waals surface area contributed by atoms with Crippen molar-refractivity contribution in [3.63, 3.8) is 0 Å². The smallest absolute Gasteiger partial charge is 0.266 e. The minimum Gasteiger partial charge on any atom is -0.266 e. The highest BCUT2D eigenvalue weighted by molar-refractivity contribution is 7.14. The highest BCUT2D eigenvalue weighted by Gasteiger charge is 2.38. The first-order chi connectivity index (χ1) is 10.2. The van der Waals surface area contributed by atoms with Crippen molar-refractivity contribution < 1.29 is 4.79 Å². The van der Waals surface area contributed by atoms with Crippen LogP contribution in [0.4, 0.5) is 0 Å². The zero-order valence-corrected chi connectivity index (χ0v) is 13.1. The fourth-order valence-corrected chi connectivity index (χ4v) is 4.76. The predicted octanol–water partition coefficient (Wildman–Crippen LogP) is 3.55. The highest BCUT2D eigenvalue weighted by atomic mass is 32.1. The average molecular weight is 300 g/mol. The van der Waals surface area contributed by atoms with Gasteiger partial charge in [-0.1, -0.05) is 19.1 Å². The van der Waals surface area contributed by atoms with Gasteiger partial charge in [-0.05, 0) is 55.6 Å². The topological polar surface area (TPSA) is 41.5 Å². The second-order valence-electron chi connectivity index (χ2n) is 6.59. The van der Waals surface area contributed by atoms with Crippen LogP contribution in [-0.4, -0.2) is 11.6 Å². The summed E-state index contributed by atoms with van der Waals surface area (Å²) >= 11 is 1.65. The first-order valence-electron chi connectivity index (χ1n) is 7.85. The molecule has 0 saturated heterocycles. The maximum Gasteiger partial charge on any atom is 0.281 e. The summed E-state index contributed by atoms with van der Waals surface area (Å²) in [6.45, 7) is 2.29. The number of allylic oxidation sites excluding steroid dienone is 2. The van der Waals surface area contributed by atoms with Crippen LogP contribution in [0.1, 0.15) is 46.3 Å². The SMILES string of the molecule is C[C@H]1CCc2sc(C(=O)N/N=C3/C[C@@H]4C=CC[C@H]34)cc2C1.